The lowest BCUT2D eigenvalue weighted by Gasteiger charge is -2.50. The summed E-state index contributed by atoms with van der Waals surface area (Å²) in [4.78, 5) is 36.2. The fourth-order valence-electron chi connectivity index (χ4n) is 8.20. The number of aromatic hydroxyl groups is 1. The van der Waals surface area contributed by atoms with Crippen LogP contribution >= 0.6 is 7.82 Å². The topological polar surface area (TPSA) is 217 Å². The quantitative estimate of drug-likeness (QED) is 0.0420. The molecule has 0 saturated heterocycles. The molecule has 3 aliphatic rings. The highest BCUT2D eigenvalue weighted by Crippen LogP contribution is 2.62. The molecule has 0 spiro atoms. The summed E-state index contributed by atoms with van der Waals surface area (Å²) < 4.78 is 50.1. The largest absolute Gasteiger partial charge is 0.529 e. The van der Waals surface area contributed by atoms with Crippen molar-refractivity contribution in [2.75, 3.05) is 59.5 Å². The monoisotopic (exact) mass is 747 g/mol. The molecule has 5 rings (SSSR count). The van der Waals surface area contributed by atoms with Gasteiger partial charge in [-0.3, -0.25) is 18.6 Å². The summed E-state index contributed by atoms with van der Waals surface area (Å²) in [5.41, 5.74) is 13.0. The number of aryl methyl sites for hydroxylation is 1. The molecule has 0 radical (unpaired) electrons. The van der Waals surface area contributed by atoms with E-state index in [2.05, 4.69) is 18.3 Å². The van der Waals surface area contributed by atoms with Crippen LogP contribution in [0.2, 0.25) is 0 Å². The lowest BCUT2D eigenvalue weighted by molar-refractivity contribution is -0.140. The van der Waals surface area contributed by atoms with Crippen molar-refractivity contribution in [1.29, 1.82) is 0 Å². The van der Waals surface area contributed by atoms with E-state index in [1.807, 2.05) is 12.1 Å². The molecule has 2 amide bonds. The smallest absolute Gasteiger partial charge is 0.505 e. The van der Waals surface area contributed by atoms with Crippen LogP contribution in [0.5, 0.6) is 17.2 Å². The van der Waals surface area contributed by atoms with Crippen LogP contribution in [-0.2, 0) is 43.8 Å². The first kappa shape index (κ1) is 39.5. The Morgan fingerprint density at radius 2 is 1.77 bits per heavy atom. The Morgan fingerprint density at radius 1 is 1.00 bits per heavy atom. The molecule has 2 aromatic rings. The van der Waals surface area contributed by atoms with Crippen LogP contribution in [0.15, 0.2) is 30.3 Å². The number of nitrogens with two attached hydrogens (primary N) is 2. The lowest BCUT2D eigenvalue weighted by Crippen LogP contribution is -2.45. The fourth-order valence-corrected chi connectivity index (χ4v) is 8.87. The van der Waals surface area contributed by atoms with Crippen molar-refractivity contribution in [3.05, 3.63) is 47.0 Å². The first-order chi connectivity index (χ1) is 24.9. The predicted octanol–water partition coefficient (Wildman–Crippen LogP) is 4.24. The van der Waals surface area contributed by atoms with Gasteiger partial charge in [0.1, 0.15) is 23.7 Å². The Labute approximate surface area is 303 Å². The second-order valence-corrected chi connectivity index (χ2v) is 15.4. The van der Waals surface area contributed by atoms with Gasteiger partial charge in [0, 0.05) is 27.2 Å². The maximum atomic E-state index is 12.5. The van der Waals surface area contributed by atoms with Crippen LogP contribution in [0.4, 0.5) is 5.69 Å². The van der Waals surface area contributed by atoms with Crippen molar-refractivity contribution in [2.24, 2.45) is 23.0 Å². The number of nitrogen functional groups attached to an aromatic ring is 1. The Hall–Kier alpha value is -3.72. The Morgan fingerprint density at radius 3 is 2.52 bits per heavy atom. The van der Waals surface area contributed by atoms with Gasteiger partial charge in [-0.2, -0.15) is 0 Å². The van der Waals surface area contributed by atoms with Gasteiger partial charge < -0.3 is 45.4 Å². The summed E-state index contributed by atoms with van der Waals surface area (Å²) in [6.45, 7) is 3.14. The number of primary amides is 1. The van der Waals surface area contributed by atoms with E-state index in [9.17, 15) is 24.1 Å². The van der Waals surface area contributed by atoms with Crippen molar-refractivity contribution in [3.63, 3.8) is 0 Å². The SMILES string of the molecule is COP(=O)(OC)Oc1ccc2c(c1)CCC1C2CCC2(C)C(OCCC(=O)NCCOCCOCC(=O)Oc3ccc(N)c(O)c3C(N)=O)CCC12. The molecule has 16 heteroatoms. The average Bonchev–Trinajstić information content (AvgIpc) is 3.46. The number of nitrogens with one attached hydrogen (secondary N) is 1. The number of rotatable bonds is 18. The summed E-state index contributed by atoms with van der Waals surface area (Å²) in [5.74, 6) is -0.623. The van der Waals surface area contributed by atoms with Gasteiger partial charge in [0.2, 0.25) is 5.91 Å². The maximum absolute atomic E-state index is 12.5. The number of amides is 2. The molecule has 3 aliphatic carbocycles. The molecule has 2 aromatic carbocycles. The summed E-state index contributed by atoms with van der Waals surface area (Å²) in [6, 6.07) is 8.48. The van der Waals surface area contributed by atoms with E-state index in [0.29, 0.717) is 36.7 Å². The van der Waals surface area contributed by atoms with E-state index < -0.39 is 37.6 Å². The number of esters is 1. The van der Waals surface area contributed by atoms with Gasteiger partial charge in [0.25, 0.3) is 5.91 Å². The minimum absolute atomic E-state index is 0.0694. The second-order valence-electron chi connectivity index (χ2n) is 13.6. The van der Waals surface area contributed by atoms with E-state index in [0.717, 1.165) is 38.5 Å². The molecule has 2 saturated carbocycles. The van der Waals surface area contributed by atoms with Crippen molar-refractivity contribution < 1.29 is 56.6 Å². The van der Waals surface area contributed by atoms with Crippen molar-refractivity contribution in [2.45, 2.75) is 63.9 Å². The molecular weight excluding hydrogens is 697 g/mol. The number of phenols is 1. The minimum Gasteiger partial charge on any atom is -0.505 e. The normalized spacial score (nSPS) is 23.6. The molecular formula is C36H50N3O12P. The minimum atomic E-state index is -3.62. The van der Waals surface area contributed by atoms with E-state index in [-0.39, 0.29) is 55.1 Å². The van der Waals surface area contributed by atoms with Crippen molar-refractivity contribution in [3.8, 4) is 17.2 Å². The number of anilines is 1. The van der Waals surface area contributed by atoms with Crippen LogP contribution in [0.3, 0.4) is 0 Å². The number of hydrogen-bond donors (Lipinski definition) is 4. The van der Waals surface area contributed by atoms with Gasteiger partial charge in [0.05, 0.1) is 38.2 Å². The van der Waals surface area contributed by atoms with Crippen LogP contribution in [0.1, 0.15) is 72.9 Å². The maximum Gasteiger partial charge on any atom is 0.529 e. The Bertz CT molecular complexity index is 1650. The highest BCUT2D eigenvalue weighted by Gasteiger charge is 2.55. The number of phosphoric ester groups is 1. The lowest BCUT2D eigenvalue weighted by atomic mass is 9.55. The van der Waals surface area contributed by atoms with Crippen molar-refractivity contribution in [1.82, 2.24) is 5.32 Å². The molecule has 0 aromatic heterocycles. The van der Waals surface area contributed by atoms with Crippen LogP contribution in [0, 0.1) is 17.3 Å². The van der Waals surface area contributed by atoms with Crippen molar-refractivity contribution >= 4 is 31.3 Å². The molecule has 5 atom stereocenters. The molecule has 0 heterocycles. The first-order valence-corrected chi connectivity index (χ1v) is 19.0. The molecule has 2 fully saturated rings. The number of hydrogen-bond acceptors (Lipinski definition) is 13. The molecule has 0 bridgehead atoms. The number of carbonyl (C=O) groups excluding carboxylic acids is 3. The van der Waals surface area contributed by atoms with E-state index in [1.54, 1.807) is 0 Å². The fraction of sp³-hybridized carbons (Fsp3) is 0.583. The highest BCUT2D eigenvalue weighted by atomic mass is 31.2. The second kappa shape index (κ2) is 17.4. The Kier molecular flexibility index (Phi) is 13.2. The van der Waals surface area contributed by atoms with E-state index in [4.69, 9.17) is 44.0 Å². The summed E-state index contributed by atoms with van der Waals surface area (Å²) in [5, 5.41) is 12.8. The van der Waals surface area contributed by atoms with Gasteiger partial charge in [0.15, 0.2) is 5.75 Å². The van der Waals surface area contributed by atoms with E-state index >= 15 is 0 Å². The number of carbonyl (C=O) groups is 3. The molecule has 52 heavy (non-hydrogen) atoms. The van der Waals surface area contributed by atoms with Crippen LogP contribution < -0.4 is 26.0 Å². The zero-order chi connectivity index (χ0) is 37.5. The number of ether oxygens (including phenoxy) is 4. The molecule has 15 nitrogen and oxygen atoms in total. The summed E-state index contributed by atoms with van der Waals surface area (Å²) in [7, 11) is -1.01. The van der Waals surface area contributed by atoms with Gasteiger partial charge >= 0.3 is 13.8 Å². The van der Waals surface area contributed by atoms with Crippen LogP contribution in [-0.4, -0.2) is 82.8 Å². The molecule has 6 N–H and O–H groups in total. The molecule has 286 valence electrons. The number of fused-ring (bicyclic) bond motifs is 5. The molecule has 5 unspecified atom stereocenters. The summed E-state index contributed by atoms with van der Waals surface area (Å²) in [6.07, 6.45) is 6.62. The van der Waals surface area contributed by atoms with Gasteiger partial charge in [-0.15, -0.1) is 0 Å². The number of phosphoric acid groups is 1. The Balaban J connectivity index is 0.958. The standard InChI is InChI=1S/C36H50N3O12P/c1-36-14-12-25-24-7-5-23(51-52(44,45-2)46-3)20-22(24)4-6-26(25)27(36)8-11-30(36)49-16-13-31(40)39-15-17-47-18-19-48-21-32(41)50-29-10-9-28(37)34(42)33(29)35(38)43/h5,7,9-10,20,25-27,30,42H,4,6,8,11-19,21,37H2,1-3H3,(H2,38,43)(H,39,40). The van der Waals surface area contributed by atoms with Gasteiger partial charge in [-0.1, -0.05) is 13.0 Å². The van der Waals surface area contributed by atoms with E-state index in [1.165, 1.54) is 37.5 Å². The first-order valence-electron chi connectivity index (χ1n) is 17.6. The average molecular weight is 748 g/mol. The third-order valence-corrected chi connectivity index (χ3v) is 12.1. The van der Waals surface area contributed by atoms with Crippen LogP contribution in [0.25, 0.3) is 0 Å². The number of benzene rings is 2. The van der Waals surface area contributed by atoms with Gasteiger partial charge in [-0.25, -0.2) is 9.36 Å². The highest BCUT2D eigenvalue weighted by molar-refractivity contribution is 7.48. The third kappa shape index (κ3) is 9.07. The zero-order valence-electron chi connectivity index (χ0n) is 29.9. The summed E-state index contributed by atoms with van der Waals surface area (Å²) >= 11 is 0. The van der Waals surface area contributed by atoms with Gasteiger partial charge in [-0.05, 0) is 97.1 Å². The molecule has 0 aliphatic heterocycles. The third-order valence-electron chi connectivity index (χ3n) is 10.7. The predicted molar refractivity (Wildman–Crippen MR) is 189 cm³/mol. The zero-order valence-corrected chi connectivity index (χ0v) is 30.8.